The highest BCUT2D eigenvalue weighted by Crippen LogP contribution is 2.40. The minimum atomic E-state index is -0.285. The van der Waals surface area contributed by atoms with Crippen LogP contribution >= 0.6 is 0 Å². The Morgan fingerprint density at radius 1 is 1.19 bits per heavy atom. The summed E-state index contributed by atoms with van der Waals surface area (Å²) in [6.45, 7) is 9.04. The topological polar surface area (TPSA) is 60.5 Å². The highest BCUT2D eigenvalue weighted by atomic mass is 19.1. The first-order valence-electron chi connectivity index (χ1n) is 10.7. The Kier molecular flexibility index (Phi) is 5.22. The van der Waals surface area contributed by atoms with E-state index in [-0.39, 0.29) is 17.4 Å². The molecule has 0 bridgehead atoms. The van der Waals surface area contributed by atoms with Crippen molar-refractivity contribution in [3.05, 3.63) is 47.0 Å². The van der Waals surface area contributed by atoms with Gasteiger partial charge in [0.15, 0.2) is 11.5 Å². The van der Waals surface area contributed by atoms with Crippen molar-refractivity contribution in [1.29, 1.82) is 5.26 Å². The van der Waals surface area contributed by atoms with Crippen molar-refractivity contribution in [2.45, 2.75) is 52.1 Å². The maximum absolute atomic E-state index is 13.7. The standard InChI is InChI=1S/C24H29FN6/c1-15-18(14-26)21-27-23(24(2,3)4)28-31(21)22(30-13-7-8-19(30)29(5)6)20(15)16-9-11-17(25)12-10-16/h9-12,19H,7-8,13H2,1-6H3. The largest absolute Gasteiger partial charge is 0.340 e. The quantitative estimate of drug-likeness (QED) is 0.624. The number of fused-ring (bicyclic) bond motifs is 1. The van der Waals surface area contributed by atoms with Gasteiger partial charge in [0.25, 0.3) is 0 Å². The molecule has 0 N–H and O–H groups in total. The molecular formula is C24H29FN6. The van der Waals surface area contributed by atoms with Crippen LogP contribution in [-0.2, 0) is 5.41 Å². The lowest BCUT2D eigenvalue weighted by Crippen LogP contribution is -2.41. The number of rotatable bonds is 3. The third kappa shape index (κ3) is 3.55. The first-order chi connectivity index (χ1) is 14.6. The molecule has 0 aliphatic carbocycles. The Morgan fingerprint density at radius 2 is 1.87 bits per heavy atom. The molecule has 1 aromatic carbocycles. The molecule has 7 heteroatoms. The van der Waals surface area contributed by atoms with Crippen LogP contribution < -0.4 is 4.90 Å². The maximum atomic E-state index is 13.7. The smallest absolute Gasteiger partial charge is 0.176 e. The monoisotopic (exact) mass is 420 g/mol. The molecule has 0 amide bonds. The number of hydrogen-bond donors (Lipinski definition) is 0. The minimum absolute atomic E-state index is 0.206. The third-order valence-electron chi connectivity index (χ3n) is 6.01. The highest BCUT2D eigenvalue weighted by Gasteiger charge is 2.34. The van der Waals surface area contributed by atoms with Crippen LogP contribution in [0.1, 0.15) is 50.6 Å². The molecule has 4 rings (SSSR count). The van der Waals surface area contributed by atoms with E-state index in [0.717, 1.165) is 41.9 Å². The van der Waals surface area contributed by atoms with Crippen molar-refractivity contribution >= 4 is 11.5 Å². The van der Waals surface area contributed by atoms with E-state index in [1.54, 1.807) is 12.1 Å². The molecule has 3 aromatic rings. The highest BCUT2D eigenvalue weighted by molar-refractivity contribution is 5.85. The number of benzene rings is 1. The van der Waals surface area contributed by atoms with Crippen LogP contribution in [0.15, 0.2) is 24.3 Å². The molecule has 1 saturated heterocycles. The number of hydrogen-bond acceptors (Lipinski definition) is 5. The number of nitrogens with zero attached hydrogens (tertiary/aromatic N) is 6. The Labute approximate surface area is 182 Å². The van der Waals surface area contributed by atoms with Gasteiger partial charge in [0, 0.05) is 17.5 Å². The number of aromatic nitrogens is 3. The molecule has 1 aliphatic heterocycles. The second kappa shape index (κ2) is 7.61. The second-order valence-corrected chi connectivity index (χ2v) is 9.52. The molecule has 0 spiro atoms. The van der Waals surface area contributed by atoms with E-state index < -0.39 is 0 Å². The first kappa shape index (κ1) is 21.3. The summed E-state index contributed by atoms with van der Waals surface area (Å²) in [5, 5.41) is 14.9. The van der Waals surface area contributed by atoms with Gasteiger partial charge >= 0.3 is 0 Å². The number of pyridine rings is 1. The first-order valence-corrected chi connectivity index (χ1v) is 10.7. The lowest BCUT2D eigenvalue weighted by molar-refractivity contribution is 0.299. The van der Waals surface area contributed by atoms with Crippen LogP contribution in [0.3, 0.4) is 0 Å². The predicted molar refractivity (Wildman–Crippen MR) is 121 cm³/mol. The zero-order valence-corrected chi connectivity index (χ0v) is 19.1. The Balaban J connectivity index is 2.12. The average molecular weight is 421 g/mol. The van der Waals surface area contributed by atoms with Crippen LogP contribution in [0.25, 0.3) is 16.8 Å². The van der Waals surface area contributed by atoms with Crippen LogP contribution in [0, 0.1) is 24.1 Å². The van der Waals surface area contributed by atoms with Gasteiger partial charge in [0.05, 0.1) is 6.17 Å². The molecule has 1 fully saturated rings. The zero-order chi connectivity index (χ0) is 22.5. The number of anilines is 1. The Morgan fingerprint density at radius 3 is 2.45 bits per heavy atom. The number of nitriles is 1. The lowest BCUT2D eigenvalue weighted by atomic mass is 9.96. The van der Waals surface area contributed by atoms with Gasteiger partial charge in [-0.15, -0.1) is 5.10 Å². The normalized spacial score (nSPS) is 17.0. The SMILES string of the molecule is Cc1c(-c2ccc(F)cc2)c(N2CCCC2N(C)C)n2nc(C(C)(C)C)nc2c1C#N. The molecule has 1 aliphatic rings. The molecule has 1 atom stereocenters. The summed E-state index contributed by atoms with van der Waals surface area (Å²) in [4.78, 5) is 9.35. The van der Waals surface area contributed by atoms with E-state index in [4.69, 9.17) is 10.1 Å². The molecule has 3 heterocycles. The zero-order valence-electron chi connectivity index (χ0n) is 19.1. The van der Waals surface area contributed by atoms with Gasteiger partial charge in [0.1, 0.15) is 23.3 Å². The summed E-state index contributed by atoms with van der Waals surface area (Å²) in [6.07, 6.45) is 2.31. The van der Waals surface area contributed by atoms with Crippen LogP contribution in [0.2, 0.25) is 0 Å². The van der Waals surface area contributed by atoms with Gasteiger partial charge in [-0.3, -0.25) is 4.90 Å². The summed E-state index contributed by atoms with van der Waals surface area (Å²) in [7, 11) is 4.16. The molecule has 0 radical (unpaired) electrons. The van der Waals surface area contributed by atoms with Gasteiger partial charge in [0.2, 0.25) is 0 Å². The summed E-state index contributed by atoms with van der Waals surface area (Å²) in [6, 6.07) is 8.82. The molecule has 162 valence electrons. The van der Waals surface area contributed by atoms with Crippen molar-refractivity contribution in [2.24, 2.45) is 0 Å². The summed E-state index contributed by atoms with van der Waals surface area (Å²) in [5.74, 6) is 1.33. The Hall–Kier alpha value is -2.98. The van der Waals surface area contributed by atoms with Crippen molar-refractivity contribution in [3.63, 3.8) is 0 Å². The van der Waals surface area contributed by atoms with Crippen LogP contribution in [0.5, 0.6) is 0 Å². The minimum Gasteiger partial charge on any atom is -0.340 e. The molecule has 1 unspecified atom stereocenters. The van der Waals surface area contributed by atoms with Crippen LogP contribution in [0.4, 0.5) is 10.2 Å². The van der Waals surface area contributed by atoms with E-state index in [0.29, 0.717) is 17.0 Å². The van der Waals surface area contributed by atoms with E-state index >= 15 is 0 Å². The van der Waals surface area contributed by atoms with E-state index in [1.165, 1.54) is 12.1 Å². The fourth-order valence-corrected chi connectivity index (χ4v) is 4.40. The Bertz CT molecular complexity index is 1160. The van der Waals surface area contributed by atoms with E-state index in [1.807, 2.05) is 11.4 Å². The maximum Gasteiger partial charge on any atom is 0.176 e. The van der Waals surface area contributed by atoms with Gasteiger partial charge in [-0.25, -0.2) is 9.37 Å². The van der Waals surface area contributed by atoms with Crippen LogP contribution in [-0.4, -0.2) is 46.3 Å². The van der Waals surface area contributed by atoms with Gasteiger partial charge in [-0.05, 0) is 57.1 Å². The fraction of sp³-hybridized carbons (Fsp3) is 0.458. The van der Waals surface area contributed by atoms with Crippen molar-refractivity contribution in [2.75, 3.05) is 25.5 Å². The van der Waals surface area contributed by atoms with Crippen molar-refractivity contribution < 1.29 is 4.39 Å². The van der Waals surface area contributed by atoms with E-state index in [9.17, 15) is 9.65 Å². The van der Waals surface area contributed by atoms with Crippen molar-refractivity contribution in [1.82, 2.24) is 19.5 Å². The fourth-order valence-electron chi connectivity index (χ4n) is 4.40. The van der Waals surface area contributed by atoms with E-state index in [2.05, 4.69) is 50.7 Å². The van der Waals surface area contributed by atoms with Gasteiger partial charge in [-0.2, -0.15) is 9.78 Å². The average Bonchev–Trinajstić information content (AvgIpc) is 3.35. The molecular weight excluding hydrogens is 391 g/mol. The lowest BCUT2D eigenvalue weighted by Gasteiger charge is -2.33. The van der Waals surface area contributed by atoms with Gasteiger partial charge in [-0.1, -0.05) is 32.9 Å². The molecule has 0 saturated carbocycles. The second-order valence-electron chi connectivity index (χ2n) is 9.52. The number of halogens is 1. The molecule has 2 aromatic heterocycles. The summed E-state index contributed by atoms with van der Waals surface area (Å²) < 4.78 is 15.5. The predicted octanol–water partition coefficient (Wildman–Crippen LogP) is 4.50. The van der Waals surface area contributed by atoms with Gasteiger partial charge < -0.3 is 4.90 Å². The molecule has 31 heavy (non-hydrogen) atoms. The molecule has 6 nitrogen and oxygen atoms in total. The summed E-state index contributed by atoms with van der Waals surface area (Å²) in [5.41, 5.74) is 3.44. The summed E-state index contributed by atoms with van der Waals surface area (Å²) >= 11 is 0. The van der Waals surface area contributed by atoms with Crippen molar-refractivity contribution in [3.8, 4) is 17.2 Å². The third-order valence-corrected chi connectivity index (χ3v) is 6.01.